The fraction of sp³-hybridized carbons (Fsp3) is 0.278. The summed E-state index contributed by atoms with van der Waals surface area (Å²) in [6, 6.07) is 11.0. The third-order valence-corrected chi connectivity index (χ3v) is 3.65. The Kier molecular flexibility index (Phi) is 5.11. The van der Waals surface area contributed by atoms with Crippen molar-refractivity contribution in [2.75, 3.05) is 38.5 Å². The van der Waals surface area contributed by atoms with Crippen molar-refractivity contribution >= 4 is 17.3 Å². The van der Waals surface area contributed by atoms with E-state index in [-0.39, 0.29) is 5.91 Å². The highest BCUT2D eigenvalue weighted by atomic mass is 16.5. The van der Waals surface area contributed by atoms with Crippen molar-refractivity contribution in [3.63, 3.8) is 0 Å². The van der Waals surface area contributed by atoms with Gasteiger partial charge >= 0.3 is 0 Å². The number of rotatable bonds is 5. The van der Waals surface area contributed by atoms with Gasteiger partial charge in [0.05, 0.1) is 19.9 Å². The lowest BCUT2D eigenvalue weighted by molar-refractivity contribution is 0.102. The van der Waals surface area contributed by atoms with Crippen molar-refractivity contribution < 1.29 is 14.3 Å². The summed E-state index contributed by atoms with van der Waals surface area (Å²) in [5.74, 6) is 1.13. The van der Waals surface area contributed by atoms with E-state index >= 15 is 0 Å². The Labute approximate surface area is 136 Å². The minimum absolute atomic E-state index is 0.184. The summed E-state index contributed by atoms with van der Waals surface area (Å²) >= 11 is 0. The highest BCUT2D eigenvalue weighted by Crippen LogP contribution is 2.35. The summed E-state index contributed by atoms with van der Waals surface area (Å²) in [7, 11) is 7.05. The van der Waals surface area contributed by atoms with E-state index in [0.717, 1.165) is 17.0 Å². The van der Waals surface area contributed by atoms with Crippen LogP contribution < -0.4 is 19.7 Å². The number of hydrogen-bond acceptors (Lipinski definition) is 4. The van der Waals surface area contributed by atoms with E-state index in [9.17, 15) is 4.79 Å². The molecule has 5 nitrogen and oxygen atoms in total. The molecule has 0 saturated heterocycles. The molecular weight excluding hydrogens is 292 g/mol. The molecule has 0 bridgehead atoms. The van der Waals surface area contributed by atoms with E-state index in [4.69, 9.17) is 9.47 Å². The summed E-state index contributed by atoms with van der Waals surface area (Å²) in [4.78, 5) is 14.5. The second kappa shape index (κ2) is 7.05. The Hall–Kier alpha value is -2.69. The second-order valence-corrected chi connectivity index (χ2v) is 5.37. The van der Waals surface area contributed by atoms with Crippen molar-refractivity contribution in [3.8, 4) is 11.5 Å². The normalized spacial score (nSPS) is 10.1. The molecule has 0 unspecified atom stereocenters. The van der Waals surface area contributed by atoms with Crippen molar-refractivity contribution in [2.45, 2.75) is 6.92 Å². The lowest BCUT2D eigenvalue weighted by atomic mass is 10.1. The SMILES string of the molecule is COc1ccc(NC(=O)c2cccc(N(C)C)c2)c(OC)c1C. The minimum Gasteiger partial charge on any atom is -0.496 e. The van der Waals surface area contributed by atoms with E-state index in [1.54, 1.807) is 26.4 Å². The van der Waals surface area contributed by atoms with Gasteiger partial charge in [-0.25, -0.2) is 0 Å². The van der Waals surface area contributed by atoms with Gasteiger partial charge in [-0.05, 0) is 37.3 Å². The fourth-order valence-corrected chi connectivity index (χ4v) is 2.38. The van der Waals surface area contributed by atoms with E-state index in [1.807, 2.05) is 50.2 Å². The largest absolute Gasteiger partial charge is 0.496 e. The van der Waals surface area contributed by atoms with Gasteiger partial charge in [-0.15, -0.1) is 0 Å². The minimum atomic E-state index is -0.184. The third kappa shape index (κ3) is 3.56. The predicted molar refractivity (Wildman–Crippen MR) is 93.0 cm³/mol. The van der Waals surface area contributed by atoms with Crippen LogP contribution in [0.3, 0.4) is 0 Å². The van der Waals surface area contributed by atoms with Crippen LogP contribution in [0.5, 0.6) is 11.5 Å². The van der Waals surface area contributed by atoms with Crippen LogP contribution in [-0.2, 0) is 0 Å². The first-order valence-electron chi connectivity index (χ1n) is 7.28. The zero-order valence-electron chi connectivity index (χ0n) is 14.1. The number of benzene rings is 2. The van der Waals surface area contributed by atoms with Crippen LogP contribution in [0.15, 0.2) is 36.4 Å². The number of ether oxygens (including phenoxy) is 2. The van der Waals surface area contributed by atoms with E-state index in [2.05, 4.69) is 5.32 Å². The van der Waals surface area contributed by atoms with Crippen LogP contribution in [0.2, 0.25) is 0 Å². The first kappa shape index (κ1) is 16.7. The van der Waals surface area contributed by atoms with Gasteiger partial charge in [0.15, 0.2) is 0 Å². The maximum atomic E-state index is 12.5. The Morgan fingerprint density at radius 2 is 1.83 bits per heavy atom. The number of hydrogen-bond donors (Lipinski definition) is 1. The molecule has 2 rings (SSSR count). The van der Waals surface area contributed by atoms with Crippen molar-refractivity contribution in [1.29, 1.82) is 0 Å². The van der Waals surface area contributed by atoms with Crippen LogP contribution in [-0.4, -0.2) is 34.2 Å². The topological polar surface area (TPSA) is 50.8 Å². The lowest BCUT2D eigenvalue weighted by Gasteiger charge is -2.16. The summed E-state index contributed by atoms with van der Waals surface area (Å²) in [6.45, 7) is 1.89. The maximum absolute atomic E-state index is 12.5. The first-order valence-corrected chi connectivity index (χ1v) is 7.28. The average molecular weight is 314 g/mol. The van der Waals surface area contributed by atoms with Crippen LogP contribution in [0.1, 0.15) is 15.9 Å². The molecule has 2 aromatic carbocycles. The molecule has 1 amide bonds. The molecule has 0 fully saturated rings. The van der Waals surface area contributed by atoms with Crippen molar-refractivity contribution in [3.05, 3.63) is 47.5 Å². The highest BCUT2D eigenvalue weighted by Gasteiger charge is 2.14. The molecule has 0 heterocycles. The number of nitrogens with zero attached hydrogens (tertiary/aromatic N) is 1. The van der Waals surface area contributed by atoms with Crippen molar-refractivity contribution in [2.24, 2.45) is 0 Å². The van der Waals surface area contributed by atoms with Gasteiger partial charge in [0.2, 0.25) is 0 Å². The van der Waals surface area contributed by atoms with Crippen molar-refractivity contribution in [1.82, 2.24) is 0 Å². The molecule has 122 valence electrons. The smallest absolute Gasteiger partial charge is 0.255 e. The van der Waals surface area contributed by atoms with Gasteiger partial charge in [-0.2, -0.15) is 0 Å². The van der Waals surface area contributed by atoms with Crippen LogP contribution >= 0.6 is 0 Å². The Bertz CT molecular complexity index is 711. The Balaban J connectivity index is 2.30. The second-order valence-electron chi connectivity index (χ2n) is 5.37. The molecule has 23 heavy (non-hydrogen) atoms. The molecule has 0 spiro atoms. The number of anilines is 2. The summed E-state index contributed by atoms with van der Waals surface area (Å²) in [6.07, 6.45) is 0. The maximum Gasteiger partial charge on any atom is 0.255 e. The van der Waals surface area contributed by atoms with E-state index in [0.29, 0.717) is 17.0 Å². The highest BCUT2D eigenvalue weighted by molar-refractivity contribution is 6.05. The lowest BCUT2D eigenvalue weighted by Crippen LogP contribution is -2.15. The van der Waals surface area contributed by atoms with E-state index < -0.39 is 0 Å². The summed E-state index contributed by atoms with van der Waals surface area (Å²) in [5, 5.41) is 2.90. The van der Waals surface area contributed by atoms with Gasteiger partial charge < -0.3 is 19.7 Å². The molecule has 1 N–H and O–H groups in total. The summed E-state index contributed by atoms with van der Waals surface area (Å²) in [5.41, 5.74) is 3.02. The molecule has 0 aliphatic rings. The Morgan fingerprint density at radius 3 is 2.43 bits per heavy atom. The molecule has 5 heteroatoms. The number of nitrogens with one attached hydrogen (secondary N) is 1. The predicted octanol–water partition coefficient (Wildman–Crippen LogP) is 3.33. The molecule has 0 radical (unpaired) electrons. The number of methoxy groups -OCH3 is 2. The monoisotopic (exact) mass is 314 g/mol. The van der Waals surface area contributed by atoms with Gasteiger partial charge in [-0.1, -0.05) is 6.07 Å². The zero-order valence-corrected chi connectivity index (χ0v) is 14.1. The zero-order chi connectivity index (χ0) is 17.0. The molecule has 2 aromatic rings. The fourth-order valence-electron chi connectivity index (χ4n) is 2.38. The number of carbonyl (C=O) groups excluding carboxylic acids is 1. The Morgan fingerprint density at radius 1 is 1.09 bits per heavy atom. The third-order valence-electron chi connectivity index (χ3n) is 3.65. The quantitative estimate of drug-likeness (QED) is 0.920. The molecular formula is C18H22N2O3. The average Bonchev–Trinajstić information content (AvgIpc) is 2.55. The first-order chi connectivity index (χ1) is 11.0. The molecule has 0 aliphatic heterocycles. The van der Waals surface area contributed by atoms with Crippen LogP contribution in [0.4, 0.5) is 11.4 Å². The van der Waals surface area contributed by atoms with E-state index in [1.165, 1.54) is 0 Å². The standard InChI is InChI=1S/C18H22N2O3/c1-12-16(22-4)10-9-15(17(12)23-5)19-18(21)13-7-6-8-14(11-13)20(2)3/h6-11H,1-5H3,(H,19,21). The molecule has 0 saturated carbocycles. The van der Waals surface area contributed by atoms with Gasteiger partial charge in [0.25, 0.3) is 5.91 Å². The molecule has 0 aromatic heterocycles. The summed E-state index contributed by atoms with van der Waals surface area (Å²) < 4.78 is 10.7. The van der Waals surface area contributed by atoms with Gasteiger partial charge in [0.1, 0.15) is 11.5 Å². The van der Waals surface area contributed by atoms with Gasteiger partial charge in [-0.3, -0.25) is 4.79 Å². The molecule has 0 atom stereocenters. The molecule has 0 aliphatic carbocycles. The van der Waals surface area contributed by atoms with Crippen LogP contribution in [0, 0.1) is 6.92 Å². The number of carbonyl (C=O) groups is 1. The van der Waals surface area contributed by atoms with Gasteiger partial charge in [0, 0.05) is 30.9 Å². The number of amides is 1. The van der Waals surface area contributed by atoms with Crippen LogP contribution in [0.25, 0.3) is 0 Å².